The number of benzene rings is 2. The van der Waals surface area contributed by atoms with Gasteiger partial charge in [0.1, 0.15) is 5.82 Å². The Bertz CT molecular complexity index is 732. The maximum atomic E-state index is 12.9. The SMILES string of the molecule is O=S(=O)(Cc1ccc(F)cc1)N1OCC[C@H]1c1ccccc1. The minimum Gasteiger partial charge on any atom is -0.284 e. The molecule has 0 amide bonds. The van der Waals surface area contributed by atoms with Gasteiger partial charge in [-0.3, -0.25) is 4.84 Å². The van der Waals surface area contributed by atoms with Gasteiger partial charge >= 0.3 is 0 Å². The fourth-order valence-electron chi connectivity index (χ4n) is 2.54. The Morgan fingerprint density at radius 3 is 2.45 bits per heavy atom. The van der Waals surface area contributed by atoms with Crippen molar-refractivity contribution in [2.75, 3.05) is 6.61 Å². The van der Waals surface area contributed by atoms with Gasteiger partial charge in [-0.1, -0.05) is 46.9 Å². The first-order chi connectivity index (χ1) is 10.6. The van der Waals surface area contributed by atoms with E-state index in [4.69, 9.17) is 4.84 Å². The molecule has 1 fully saturated rings. The molecule has 0 saturated carbocycles. The van der Waals surface area contributed by atoms with Gasteiger partial charge in [-0.05, 0) is 29.7 Å². The first-order valence-electron chi connectivity index (χ1n) is 7.01. The lowest BCUT2D eigenvalue weighted by Gasteiger charge is -2.22. The van der Waals surface area contributed by atoms with E-state index in [1.54, 1.807) is 0 Å². The summed E-state index contributed by atoms with van der Waals surface area (Å²) in [5.41, 5.74) is 1.44. The van der Waals surface area contributed by atoms with E-state index in [1.165, 1.54) is 24.3 Å². The lowest BCUT2D eigenvalue weighted by atomic mass is 10.1. The van der Waals surface area contributed by atoms with Crippen LogP contribution in [0.4, 0.5) is 4.39 Å². The van der Waals surface area contributed by atoms with Crippen molar-refractivity contribution in [3.63, 3.8) is 0 Å². The minimum absolute atomic E-state index is 0.212. The van der Waals surface area contributed by atoms with Gasteiger partial charge in [0.25, 0.3) is 0 Å². The smallest absolute Gasteiger partial charge is 0.240 e. The highest BCUT2D eigenvalue weighted by molar-refractivity contribution is 7.88. The predicted octanol–water partition coefficient (Wildman–Crippen LogP) is 3.03. The van der Waals surface area contributed by atoms with Gasteiger partial charge in [0.2, 0.25) is 10.0 Å². The van der Waals surface area contributed by atoms with Crippen LogP contribution >= 0.6 is 0 Å². The predicted molar refractivity (Wildman–Crippen MR) is 80.6 cm³/mol. The third kappa shape index (κ3) is 3.19. The molecule has 0 spiro atoms. The summed E-state index contributed by atoms with van der Waals surface area (Å²) >= 11 is 0. The van der Waals surface area contributed by atoms with Crippen LogP contribution in [-0.4, -0.2) is 19.5 Å². The van der Waals surface area contributed by atoms with Crippen LogP contribution in [-0.2, 0) is 20.6 Å². The molecule has 1 aliphatic rings. The molecule has 2 aromatic rings. The standard InChI is InChI=1S/C16H16FNO3S/c17-15-8-6-13(7-9-15)12-22(19,20)18-16(10-11-21-18)14-4-2-1-3-5-14/h1-9,16H,10-12H2/t16-/m0/s1. The minimum atomic E-state index is -3.63. The molecule has 3 rings (SSSR count). The summed E-state index contributed by atoms with van der Waals surface area (Å²) in [6.45, 7) is 0.363. The molecular weight excluding hydrogens is 305 g/mol. The van der Waals surface area contributed by atoms with Gasteiger partial charge in [-0.2, -0.15) is 0 Å². The van der Waals surface area contributed by atoms with Crippen molar-refractivity contribution in [2.45, 2.75) is 18.2 Å². The zero-order chi connectivity index (χ0) is 15.6. The Balaban J connectivity index is 1.83. The van der Waals surface area contributed by atoms with E-state index >= 15 is 0 Å². The molecule has 1 heterocycles. The van der Waals surface area contributed by atoms with Gasteiger partial charge in [-0.25, -0.2) is 12.8 Å². The number of sulfonamides is 1. The zero-order valence-electron chi connectivity index (χ0n) is 11.9. The maximum Gasteiger partial charge on any atom is 0.240 e. The Morgan fingerprint density at radius 1 is 1.09 bits per heavy atom. The van der Waals surface area contributed by atoms with Crippen molar-refractivity contribution in [2.24, 2.45) is 0 Å². The third-order valence-electron chi connectivity index (χ3n) is 3.59. The summed E-state index contributed by atoms with van der Waals surface area (Å²) < 4.78 is 39.2. The highest BCUT2D eigenvalue weighted by Crippen LogP contribution is 2.33. The van der Waals surface area contributed by atoms with Crippen molar-refractivity contribution in [3.8, 4) is 0 Å². The molecule has 1 aliphatic heterocycles. The Morgan fingerprint density at radius 2 is 1.77 bits per heavy atom. The van der Waals surface area contributed by atoms with Gasteiger partial charge < -0.3 is 0 Å². The first-order valence-corrected chi connectivity index (χ1v) is 8.61. The van der Waals surface area contributed by atoms with Crippen molar-refractivity contribution >= 4 is 10.0 Å². The van der Waals surface area contributed by atoms with Gasteiger partial charge in [0.05, 0.1) is 18.4 Å². The number of halogens is 1. The number of hydrogen-bond acceptors (Lipinski definition) is 3. The fraction of sp³-hybridized carbons (Fsp3) is 0.250. The summed E-state index contributed by atoms with van der Waals surface area (Å²) in [4.78, 5) is 5.35. The van der Waals surface area contributed by atoms with Crippen LogP contribution in [0.1, 0.15) is 23.6 Å². The monoisotopic (exact) mass is 321 g/mol. The van der Waals surface area contributed by atoms with E-state index in [0.29, 0.717) is 18.6 Å². The molecule has 1 saturated heterocycles. The normalized spacial score (nSPS) is 19.4. The van der Waals surface area contributed by atoms with E-state index < -0.39 is 10.0 Å². The number of rotatable bonds is 4. The molecule has 0 radical (unpaired) electrons. The molecule has 0 aliphatic carbocycles. The number of hydroxylamine groups is 1. The number of nitrogens with zero attached hydrogens (tertiary/aromatic N) is 1. The van der Waals surface area contributed by atoms with E-state index in [-0.39, 0.29) is 17.6 Å². The molecule has 4 nitrogen and oxygen atoms in total. The van der Waals surface area contributed by atoms with Crippen molar-refractivity contribution in [3.05, 3.63) is 71.5 Å². The molecule has 0 bridgehead atoms. The van der Waals surface area contributed by atoms with Crippen LogP contribution in [0.15, 0.2) is 54.6 Å². The van der Waals surface area contributed by atoms with Crippen LogP contribution in [0.5, 0.6) is 0 Å². The molecule has 1 atom stereocenters. The average Bonchev–Trinajstić information content (AvgIpc) is 3.01. The van der Waals surface area contributed by atoms with Gasteiger partial charge in [-0.15, -0.1) is 0 Å². The van der Waals surface area contributed by atoms with Crippen molar-refractivity contribution in [1.82, 2.24) is 4.47 Å². The summed E-state index contributed by atoms with van der Waals surface area (Å²) in [5.74, 6) is -0.600. The quantitative estimate of drug-likeness (QED) is 0.869. The van der Waals surface area contributed by atoms with Crippen LogP contribution in [0, 0.1) is 5.82 Å². The molecule has 116 valence electrons. The summed E-state index contributed by atoms with van der Waals surface area (Å²) in [6, 6.07) is 14.6. The second-order valence-corrected chi connectivity index (χ2v) is 7.00. The van der Waals surface area contributed by atoms with Crippen molar-refractivity contribution < 1.29 is 17.6 Å². The zero-order valence-corrected chi connectivity index (χ0v) is 12.7. The largest absolute Gasteiger partial charge is 0.284 e. The Hall–Kier alpha value is -1.76. The molecule has 2 aromatic carbocycles. The third-order valence-corrected chi connectivity index (χ3v) is 5.19. The van der Waals surface area contributed by atoms with E-state index in [2.05, 4.69) is 0 Å². The average molecular weight is 321 g/mol. The second-order valence-electron chi connectivity index (χ2n) is 5.19. The molecule has 0 unspecified atom stereocenters. The second kappa shape index (κ2) is 6.16. The molecule has 6 heteroatoms. The van der Waals surface area contributed by atoms with Crippen LogP contribution < -0.4 is 0 Å². The van der Waals surface area contributed by atoms with Crippen LogP contribution in [0.2, 0.25) is 0 Å². The molecule has 0 N–H and O–H groups in total. The summed E-state index contributed by atoms with van der Waals surface area (Å²) in [5, 5.41) is 0. The number of hydrogen-bond donors (Lipinski definition) is 0. The van der Waals surface area contributed by atoms with Gasteiger partial charge in [0.15, 0.2) is 0 Å². The molecule has 22 heavy (non-hydrogen) atoms. The lowest BCUT2D eigenvalue weighted by molar-refractivity contribution is -0.0501. The van der Waals surface area contributed by atoms with Crippen LogP contribution in [0.25, 0.3) is 0 Å². The summed E-state index contributed by atoms with van der Waals surface area (Å²) in [7, 11) is -3.63. The van der Waals surface area contributed by atoms with E-state index in [9.17, 15) is 12.8 Å². The highest BCUT2D eigenvalue weighted by atomic mass is 32.2. The fourth-order valence-corrected chi connectivity index (χ4v) is 4.13. The Kier molecular flexibility index (Phi) is 4.24. The molecular formula is C16H16FNO3S. The van der Waals surface area contributed by atoms with E-state index in [0.717, 1.165) is 10.0 Å². The Labute approximate surface area is 129 Å². The van der Waals surface area contributed by atoms with Crippen LogP contribution in [0.3, 0.4) is 0 Å². The maximum absolute atomic E-state index is 12.9. The molecule has 0 aromatic heterocycles. The first kappa shape index (κ1) is 15.1. The van der Waals surface area contributed by atoms with Crippen molar-refractivity contribution in [1.29, 1.82) is 0 Å². The topological polar surface area (TPSA) is 46.6 Å². The highest BCUT2D eigenvalue weighted by Gasteiger charge is 2.36. The van der Waals surface area contributed by atoms with E-state index in [1.807, 2.05) is 30.3 Å². The lowest BCUT2D eigenvalue weighted by Crippen LogP contribution is -2.30. The van der Waals surface area contributed by atoms with Gasteiger partial charge in [0, 0.05) is 0 Å². The summed E-state index contributed by atoms with van der Waals surface area (Å²) in [6.07, 6.45) is 0.618.